The van der Waals surface area contributed by atoms with Crippen LogP contribution < -0.4 is 5.32 Å². The summed E-state index contributed by atoms with van der Waals surface area (Å²) in [7, 11) is 0. The van der Waals surface area contributed by atoms with Crippen LogP contribution in [0.15, 0.2) is 36.5 Å². The molecule has 0 aromatic carbocycles. The first-order chi connectivity index (χ1) is 32.3. The number of carbonyl (C=O) groups excluding carboxylic acids is 1. The largest absolute Gasteiger partial charge is 0.394 e. The molecule has 9 nitrogen and oxygen atoms in total. The quantitative estimate of drug-likeness (QED) is 0.0261. The van der Waals surface area contributed by atoms with Gasteiger partial charge in [-0.15, -0.1) is 0 Å². The fourth-order valence-corrected chi connectivity index (χ4v) is 8.94. The molecule has 0 radical (unpaired) electrons. The first-order valence-corrected chi connectivity index (χ1v) is 28.2. The number of aliphatic hydroxyl groups is 5. The van der Waals surface area contributed by atoms with Crippen molar-refractivity contribution in [3.8, 4) is 0 Å². The zero-order valence-corrected chi connectivity index (χ0v) is 43.0. The Hall–Kier alpha value is -1.59. The number of carbonyl (C=O) groups is 1. The standard InChI is InChI=1S/C57H107NO8/c1-3-5-7-9-11-13-15-16-17-18-19-20-21-22-23-24-25-26-27-28-29-30-31-32-33-34-35-36-37-38-40-42-44-46-51(60)50(49-65-57-56(64)55(63)54(62)52(48-59)66-57)58-53(61)47-45-43-41-39-14-12-10-8-6-4-2/h8,10,37-38,44,46,50-52,54-57,59-60,62-64H,3-7,9,11-36,39-43,45,47-49H2,1-2H3,(H,58,61)/b10-8-,38-37+,46-44+. The number of hydrogen-bond acceptors (Lipinski definition) is 8. The minimum Gasteiger partial charge on any atom is -0.394 e. The van der Waals surface area contributed by atoms with Gasteiger partial charge in [0.25, 0.3) is 0 Å². The minimum atomic E-state index is -1.57. The van der Waals surface area contributed by atoms with E-state index in [1.54, 1.807) is 6.08 Å². The summed E-state index contributed by atoms with van der Waals surface area (Å²) in [5.74, 6) is -0.198. The van der Waals surface area contributed by atoms with Crippen LogP contribution >= 0.6 is 0 Å². The van der Waals surface area contributed by atoms with Crippen LogP contribution in [0, 0.1) is 0 Å². The van der Waals surface area contributed by atoms with Gasteiger partial charge < -0.3 is 40.3 Å². The zero-order valence-electron chi connectivity index (χ0n) is 43.0. The topological polar surface area (TPSA) is 149 Å². The normalized spacial score (nSPS) is 20.0. The number of aliphatic hydroxyl groups excluding tert-OH is 5. The minimum absolute atomic E-state index is 0.198. The first-order valence-electron chi connectivity index (χ1n) is 28.2. The van der Waals surface area contributed by atoms with Crippen molar-refractivity contribution < 1.29 is 39.8 Å². The second kappa shape index (κ2) is 47.1. The van der Waals surface area contributed by atoms with Crippen molar-refractivity contribution in [2.75, 3.05) is 13.2 Å². The van der Waals surface area contributed by atoms with E-state index in [1.807, 2.05) is 6.08 Å². The molecule has 1 amide bonds. The summed E-state index contributed by atoms with van der Waals surface area (Å²) in [5.41, 5.74) is 0. The van der Waals surface area contributed by atoms with Crippen LogP contribution in [0.2, 0.25) is 0 Å². The van der Waals surface area contributed by atoms with Gasteiger partial charge in [0.15, 0.2) is 6.29 Å². The van der Waals surface area contributed by atoms with Gasteiger partial charge in [-0.2, -0.15) is 0 Å². The van der Waals surface area contributed by atoms with Crippen molar-refractivity contribution in [1.82, 2.24) is 5.32 Å². The van der Waals surface area contributed by atoms with E-state index in [0.717, 1.165) is 64.2 Å². The average Bonchev–Trinajstić information content (AvgIpc) is 3.32. The van der Waals surface area contributed by atoms with Gasteiger partial charge in [-0.05, 0) is 51.4 Å². The molecule has 0 bridgehead atoms. The Morgan fingerprint density at radius 1 is 0.500 bits per heavy atom. The molecule has 1 saturated heterocycles. The van der Waals surface area contributed by atoms with Crippen molar-refractivity contribution in [2.45, 2.75) is 307 Å². The Kier molecular flexibility index (Phi) is 44.6. The van der Waals surface area contributed by atoms with Gasteiger partial charge in [0, 0.05) is 6.42 Å². The van der Waals surface area contributed by atoms with Gasteiger partial charge in [0.2, 0.25) is 5.91 Å². The smallest absolute Gasteiger partial charge is 0.220 e. The summed E-state index contributed by atoms with van der Waals surface area (Å²) in [4.78, 5) is 12.9. The van der Waals surface area contributed by atoms with Crippen LogP contribution in [0.1, 0.15) is 264 Å². The van der Waals surface area contributed by atoms with E-state index < -0.39 is 49.5 Å². The number of allylic oxidation sites excluding steroid dienone is 5. The molecule has 9 heteroatoms. The van der Waals surface area contributed by atoms with E-state index in [0.29, 0.717) is 6.42 Å². The molecular weight excluding hydrogens is 827 g/mol. The Morgan fingerprint density at radius 2 is 0.894 bits per heavy atom. The lowest BCUT2D eigenvalue weighted by molar-refractivity contribution is -0.302. The summed E-state index contributed by atoms with van der Waals surface area (Å²) in [6, 6.07) is -0.824. The zero-order chi connectivity index (χ0) is 48.0. The van der Waals surface area contributed by atoms with Crippen LogP contribution in [0.3, 0.4) is 0 Å². The lowest BCUT2D eigenvalue weighted by Gasteiger charge is -2.40. The van der Waals surface area contributed by atoms with Crippen molar-refractivity contribution in [1.29, 1.82) is 0 Å². The van der Waals surface area contributed by atoms with Crippen LogP contribution in [0.5, 0.6) is 0 Å². The van der Waals surface area contributed by atoms with Crippen molar-refractivity contribution in [2.24, 2.45) is 0 Å². The maximum absolute atomic E-state index is 12.9. The fraction of sp³-hybridized carbons (Fsp3) is 0.877. The third-order valence-electron chi connectivity index (χ3n) is 13.4. The van der Waals surface area contributed by atoms with Gasteiger partial charge in [-0.3, -0.25) is 4.79 Å². The van der Waals surface area contributed by atoms with Crippen LogP contribution in [-0.4, -0.2) is 87.5 Å². The Labute approximate surface area is 406 Å². The summed E-state index contributed by atoms with van der Waals surface area (Å²) in [6.45, 7) is 3.70. The van der Waals surface area contributed by atoms with Crippen LogP contribution in [0.25, 0.3) is 0 Å². The Morgan fingerprint density at radius 3 is 1.33 bits per heavy atom. The summed E-state index contributed by atoms with van der Waals surface area (Å²) in [5, 5.41) is 54.2. The highest BCUT2D eigenvalue weighted by atomic mass is 16.7. The highest BCUT2D eigenvalue weighted by Crippen LogP contribution is 2.23. The van der Waals surface area contributed by atoms with Crippen molar-refractivity contribution in [3.63, 3.8) is 0 Å². The van der Waals surface area contributed by atoms with E-state index in [4.69, 9.17) is 9.47 Å². The molecule has 0 aromatic heterocycles. The van der Waals surface area contributed by atoms with E-state index in [1.165, 1.54) is 180 Å². The Bertz CT molecular complexity index is 1130. The number of rotatable bonds is 48. The maximum Gasteiger partial charge on any atom is 0.220 e. The molecule has 0 aromatic rings. The molecule has 1 aliphatic heterocycles. The number of ether oxygens (including phenoxy) is 2. The summed E-state index contributed by atoms with van der Waals surface area (Å²) < 4.78 is 11.2. The molecule has 0 aliphatic carbocycles. The lowest BCUT2D eigenvalue weighted by atomic mass is 9.99. The van der Waals surface area contributed by atoms with Gasteiger partial charge in [0.1, 0.15) is 24.4 Å². The third kappa shape index (κ3) is 36.4. The second-order valence-electron chi connectivity index (χ2n) is 19.7. The maximum atomic E-state index is 12.9. The molecule has 388 valence electrons. The van der Waals surface area contributed by atoms with Crippen LogP contribution in [0.4, 0.5) is 0 Å². The summed E-state index contributed by atoms with van der Waals surface area (Å²) >= 11 is 0. The molecule has 1 heterocycles. The number of hydrogen-bond donors (Lipinski definition) is 6. The lowest BCUT2D eigenvalue weighted by Crippen LogP contribution is -2.60. The average molecular weight is 934 g/mol. The summed E-state index contributed by atoms with van der Waals surface area (Å²) in [6.07, 6.45) is 54.0. The highest BCUT2D eigenvalue weighted by molar-refractivity contribution is 5.76. The van der Waals surface area contributed by atoms with Gasteiger partial charge >= 0.3 is 0 Å². The number of nitrogens with one attached hydrogen (secondary N) is 1. The first kappa shape index (κ1) is 62.4. The molecule has 66 heavy (non-hydrogen) atoms. The molecule has 7 atom stereocenters. The molecule has 7 unspecified atom stereocenters. The van der Waals surface area contributed by atoms with E-state index in [-0.39, 0.29) is 12.5 Å². The molecule has 1 rings (SSSR count). The third-order valence-corrected chi connectivity index (χ3v) is 13.4. The second-order valence-corrected chi connectivity index (χ2v) is 19.7. The number of amides is 1. The van der Waals surface area contributed by atoms with Crippen molar-refractivity contribution >= 4 is 5.91 Å². The fourth-order valence-electron chi connectivity index (χ4n) is 8.94. The molecule has 0 saturated carbocycles. The van der Waals surface area contributed by atoms with Crippen LogP contribution in [-0.2, 0) is 14.3 Å². The number of unbranched alkanes of at least 4 members (excludes halogenated alkanes) is 34. The van der Waals surface area contributed by atoms with Gasteiger partial charge in [0.05, 0.1) is 25.4 Å². The van der Waals surface area contributed by atoms with E-state index >= 15 is 0 Å². The molecule has 1 aliphatic rings. The predicted octanol–water partition coefficient (Wildman–Crippen LogP) is 13.6. The van der Waals surface area contributed by atoms with Gasteiger partial charge in [-0.25, -0.2) is 0 Å². The molecule has 0 spiro atoms. The van der Waals surface area contributed by atoms with E-state index in [9.17, 15) is 30.3 Å². The molecular formula is C57H107NO8. The highest BCUT2D eigenvalue weighted by Gasteiger charge is 2.44. The van der Waals surface area contributed by atoms with Gasteiger partial charge in [-0.1, -0.05) is 243 Å². The SMILES string of the molecule is CCC/C=C\CCCCCCCC(=O)NC(COC1OC(CO)C(O)C(O)C1O)C(O)/C=C/CC/C=C/CCCCCCCCCCCCCCCCCCCCCCCCCCCCC. The Balaban J connectivity index is 2.12. The molecule has 6 N–H and O–H groups in total. The van der Waals surface area contributed by atoms with Crippen molar-refractivity contribution in [3.05, 3.63) is 36.5 Å². The van der Waals surface area contributed by atoms with E-state index in [2.05, 4.69) is 43.5 Å². The molecule has 1 fully saturated rings. The monoisotopic (exact) mass is 934 g/mol. The predicted molar refractivity (Wildman–Crippen MR) is 276 cm³/mol.